The molecule has 22 heavy (non-hydrogen) atoms. The molecule has 1 saturated carbocycles. The summed E-state index contributed by atoms with van der Waals surface area (Å²) in [6, 6.07) is 8.90. The molecule has 1 aromatic rings. The normalized spacial score (nSPS) is 19.4. The third kappa shape index (κ3) is 4.50. The molecule has 4 heteroatoms. The maximum absolute atomic E-state index is 12.4. The summed E-state index contributed by atoms with van der Waals surface area (Å²) in [6.45, 7) is 5.11. The lowest BCUT2D eigenvalue weighted by Gasteiger charge is -2.32. The largest absolute Gasteiger partial charge is 0.342 e. The average molecular weight is 318 g/mol. The zero-order valence-electron chi connectivity index (χ0n) is 13.4. The summed E-state index contributed by atoms with van der Waals surface area (Å²) in [4.78, 5) is 15.6. The Morgan fingerprint density at radius 1 is 1.23 bits per heavy atom. The maximum Gasteiger partial charge on any atom is 0.232 e. The van der Waals surface area contributed by atoms with Crippen molar-refractivity contribution in [2.75, 3.05) is 25.4 Å². The van der Waals surface area contributed by atoms with Crippen LogP contribution in [0.5, 0.6) is 0 Å². The molecule has 120 valence electrons. The average Bonchev–Trinajstić information content (AvgIpc) is 3.37. The minimum absolute atomic E-state index is 0.286. The summed E-state index contributed by atoms with van der Waals surface area (Å²) in [7, 11) is 0. The number of hydrogen-bond donors (Lipinski definition) is 1. The Bertz CT molecular complexity index is 508. The van der Waals surface area contributed by atoms with E-state index >= 15 is 0 Å². The van der Waals surface area contributed by atoms with Crippen LogP contribution in [0.25, 0.3) is 0 Å². The van der Waals surface area contributed by atoms with Gasteiger partial charge in [0.25, 0.3) is 0 Å². The molecule has 1 aromatic carbocycles. The lowest BCUT2D eigenvalue weighted by atomic mass is 10.0. The number of amides is 1. The van der Waals surface area contributed by atoms with Crippen LogP contribution in [0.1, 0.15) is 31.2 Å². The van der Waals surface area contributed by atoms with Gasteiger partial charge >= 0.3 is 0 Å². The van der Waals surface area contributed by atoms with Gasteiger partial charge in [0.1, 0.15) is 0 Å². The second-order valence-corrected chi connectivity index (χ2v) is 7.58. The second kappa shape index (κ2) is 7.51. The first kappa shape index (κ1) is 15.9. The third-order valence-corrected chi connectivity index (χ3v) is 5.84. The summed E-state index contributed by atoms with van der Waals surface area (Å²) in [5.41, 5.74) is 1.25. The molecule has 1 aliphatic heterocycles. The van der Waals surface area contributed by atoms with E-state index in [0.29, 0.717) is 11.8 Å². The number of thioether (sulfide) groups is 1. The third-order valence-electron chi connectivity index (χ3n) is 4.68. The molecule has 0 bridgehead atoms. The summed E-state index contributed by atoms with van der Waals surface area (Å²) in [5, 5.41) is 3.67. The van der Waals surface area contributed by atoms with Gasteiger partial charge in [0.05, 0.1) is 5.75 Å². The van der Waals surface area contributed by atoms with E-state index in [1.54, 1.807) is 11.8 Å². The fourth-order valence-corrected chi connectivity index (χ4v) is 3.87. The predicted octanol–water partition coefficient (Wildman–Crippen LogP) is 3.08. The molecule has 0 radical (unpaired) electrons. The molecular weight excluding hydrogens is 292 g/mol. The minimum atomic E-state index is 0.286. The van der Waals surface area contributed by atoms with Gasteiger partial charge in [-0.3, -0.25) is 4.79 Å². The molecule has 1 amide bonds. The number of nitrogens with zero attached hydrogens (tertiary/aromatic N) is 1. The molecule has 0 unspecified atom stereocenters. The fraction of sp³-hybridized carbons (Fsp3) is 0.611. The van der Waals surface area contributed by atoms with Crippen molar-refractivity contribution in [2.45, 2.75) is 43.5 Å². The first-order chi connectivity index (χ1) is 10.7. The van der Waals surface area contributed by atoms with Crippen molar-refractivity contribution >= 4 is 17.7 Å². The van der Waals surface area contributed by atoms with Gasteiger partial charge in [0, 0.05) is 24.0 Å². The van der Waals surface area contributed by atoms with Gasteiger partial charge in [-0.1, -0.05) is 18.2 Å². The van der Waals surface area contributed by atoms with E-state index in [1.807, 2.05) is 17.0 Å². The van der Waals surface area contributed by atoms with E-state index in [-0.39, 0.29) is 5.91 Å². The number of carbonyl (C=O) groups is 1. The summed E-state index contributed by atoms with van der Waals surface area (Å²) >= 11 is 1.67. The van der Waals surface area contributed by atoms with Crippen LogP contribution in [-0.4, -0.2) is 42.2 Å². The summed E-state index contributed by atoms with van der Waals surface area (Å²) < 4.78 is 0. The SMILES string of the molecule is Cc1ccccc1SCC(=O)N1CCC(NCC2CC2)CC1. The monoisotopic (exact) mass is 318 g/mol. The zero-order valence-corrected chi connectivity index (χ0v) is 14.2. The van der Waals surface area contributed by atoms with Gasteiger partial charge in [-0.15, -0.1) is 11.8 Å². The Morgan fingerprint density at radius 2 is 1.95 bits per heavy atom. The van der Waals surface area contributed by atoms with E-state index < -0.39 is 0 Å². The highest BCUT2D eigenvalue weighted by molar-refractivity contribution is 8.00. The first-order valence-corrected chi connectivity index (χ1v) is 9.40. The molecular formula is C18H26N2OS. The molecule has 2 aliphatic rings. The number of likely N-dealkylation sites (tertiary alicyclic amines) is 1. The van der Waals surface area contributed by atoms with Crippen molar-refractivity contribution in [2.24, 2.45) is 5.92 Å². The Kier molecular flexibility index (Phi) is 5.42. The van der Waals surface area contributed by atoms with Crippen molar-refractivity contribution in [3.8, 4) is 0 Å². The van der Waals surface area contributed by atoms with Gasteiger partial charge in [0.2, 0.25) is 5.91 Å². The zero-order chi connectivity index (χ0) is 15.4. The Labute approximate surface area is 137 Å². The number of rotatable bonds is 6. The Balaban J connectivity index is 1.39. The molecule has 0 spiro atoms. The van der Waals surface area contributed by atoms with Gasteiger partial charge in [0.15, 0.2) is 0 Å². The van der Waals surface area contributed by atoms with Crippen LogP contribution in [0.2, 0.25) is 0 Å². The second-order valence-electron chi connectivity index (χ2n) is 6.56. The van der Waals surface area contributed by atoms with Crippen LogP contribution in [0.3, 0.4) is 0 Å². The van der Waals surface area contributed by atoms with Crippen LogP contribution in [0.15, 0.2) is 29.2 Å². The van der Waals surface area contributed by atoms with Crippen molar-refractivity contribution in [1.82, 2.24) is 10.2 Å². The highest BCUT2D eigenvalue weighted by atomic mass is 32.2. The molecule has 1 aliphatic carbocycles. The van der Waals surface area contributed by atoms with Crippen LogP contribution >= 0.6 is 11.8 Å². The number of aryl methyl sites for hydroxylation is 1. The quantitative estimate of drug-likeness (QED) is 0.818. The smallest absolute Gasteiger partial charge is 0.232 e. The number of benzene rings is 1. The van der Waals surface area contributed by atoms with Crippen molar-refractivity contribution in [3.05, 3.63) is 29.8 Å². The summed E-state index contributed by atoms with van der Waals surface area (Å²) in [5.74, 6) is 1.78. The molecule has 0 atom stereocenters. The van der Waals surface area contributed by atoms with E-state index in [1.165, 1.54) is 29.8 Å². The van der Waals surface area contributed by atoms with E-state index in [2.05, 4.69) is 24.4 Å². The predicted molar refractivity (Wildman–Crippen MR) is 92.2 cm³/mol. The summed E-state index contributed by atoms with van der Waals surface area (Å²) in [6.07, 6.45) is 5.02. The molecule has 0 aromatic heterocycles. The van der Waals surface area contributed by atoms with Crippen molar-refractivity contribution in [3.63, 3.8) is 0 Å². The van der Waals surface area contributed by atoms with Crippen LogP contribution in [0, 0.1) is 12.8 Å². The van der Waals surface area contributed by atoms with Gasteiger partial charge in [-0.2, -0.15) is 0 Å². The number of nitrogens with one attached hydrogen (secondary N) is 1. The maximum atomic E-state index is 12.4. The lowest BCUT2D eigenvalue weighted by molar-refractivity contribution is -0.129. The molecule has 3 nitrogen and oxygen atoms in total. The fourth-order valence-electron chi connectivity index (χ4n) is 2.94. The number of carbonyl (C=O) groups excluding carboxylic acids is 1. The van der Waals surface area contributed by atoms with E-state index in [9.17, 15) is 4.79 Å². The highest BCUT2D eigenvalue weighted by Gasteiger charge is 2.25. The van der Waals surface area contributed by atoms with Gasteiger partial charge < -0.3 is 10.2 Å². The van der Waals surface area contributed by atoms with Gasteiger partial charge in [-0.05, 0) is 56.7 Å². The molecule has 2 fully saturated rings. The minimum Gasteiger partial charge on any atom is -0.342 e. The van der Waals surface area contributed by atoms with Crippen molar-refractivity contribution in [1.29, 1.82) is 0 Å². The first-order valence-electron chi connectivity index (χ1n) is 8.42. The van der Waals surface area contributed by atoms with E-state index in [0.717, 1.165) is 31.8 Å². The van der Waals surface area contributed by atoms with Gasteiger partial charge in [-0.25, -0.2) is 0 Å². The number of piperidine rings is 1. The van der Waals surface area contributed by atoms with Crippen molar-refractivity contribution < 1.29 is 4.79 Å². The number of hydrogen-bond acceptors (Lipinski definition) is 3. The Morgan fingerprint density at radius 3 is 2.64 bits per heavy atom. The molecule has 1 saturated heterocycles. The van der Waals surface area contributed by atoms with Crippen LogP contribution in [0.4, 0.5) is 0 Å². The van der Waals surface area contributed by atoms with E-state index in [4.69, 9.17) is 0 Å². The van der Waals surface area contributed by atoms with Crippen LogP contribution < -0.4 is 5.32 Å². The molecule has 1 heterocycles. The molecule has 3 rings (SSSR count). The Hall–Kier alpha value is -1.00. The van der Waals surface area contributed by atoms with Crippen LogP contribution in [-0.2, 0) is 4.79 Å². The highest BCUT2D eigenvalue weighted by Crippen LogP contribution is 2.28. The standard InChI is InChI=1S/C18H26N2OS/c1-14-4-2-3-5-17(14)22-13-18(21)20-10-8-16(9-11-20)19-12-15-6-7-15/h2-5,15-16,19H,6-13H2,1H3. The molecule has 1 N–H and O–H groups in total. The topological polar surface area (TPSA) is 32.3 Å². The lowest BCUT2D eigenvalue weighted by Crippen LogP contribution is -2.45.